The molecule has 0 bridgehead atoms. The second-order valence-corrected chi connectivity index (χ2v) is 8.62. The Hall–Kier alpha value is -1.77. The molecule has 2 aliphatic rings. The number of aromatic nitrogens is 2. The third-order valence-electron chi connectivity index (χ3n) is 5.66. The Kier molecular flexibility index (Phi) is 6.08. The van der Waals surface area contributed by atoms with Gasteiger partial charge in [-0.25, -0.2) is 0 Å². The van der Waals surface area contributed by atoms with Gasteiger partial charge in [0.15, 0.2) is 0 Å². The molecule has 8 heteroatoms. The zero-order valence-electron chi connectivity index (χ0n) is 16.2. The first-order valence-corrected chi connectivity index (χ1v) is 10.7. The van der Waals surface area contributed by atoms with E-state index in [0.29, 0.717) is 24.2 Å². The van der Waals surface area contributed by atoms with Crippen LogP contribution in [-0.2, 0) is 11.3 Å². The highest BCUT2D eigenvalue weighted by Gasteiger charge is 2.30. The van der Waals surface area contributed by atoms with E-state index in [-0.39, 0.29) is 5.92 Å². The van der Waals surface area contributed by atoms with Crippen molar-refractivity contribution in [2.24, 2.45) is 5.92 Å². The van der Waals surface area contributed by atoms with E-state index in [1.807, 2.05) is 29.2 Å². The van der Waals surface area contributed by atoms with E-state index in [2.05, 4.69) is 42.9 Å². The van der Waals surface area contributed by atoms with Crippen molar-refractivity contribution in [2.75, 3.05) is 46.3 Å². The van der Waals surface area contributed by atoms with Gasteiger partial charge in [0.2, 0.25) is 17.6 Å². The number of hydrogen-bond donors (Lipinski definition) is 0. The molecule has 2 aliphatic heterocycles. The van der Waals surface area contributed by atoms with Crippen LogP contribution < -0.4 is 0 Å². The summed E-state index contributed by atoms with van der Waals surface area (Å²) >= 11 is 3.47. The molecule has 0 aliphatic carbocycles. The number of likely N-dealkylation sites (tertiary alicyclic amines) is 1. The second-order valence-electron chi connectivity index (χ2n) is 7.70. The van der Waals surface area contributed by atoms with Crippen molar-refractivity contribution in [2.45, 2.75) is 19.4 Å². The van der Waals surface area contributed by atoms with Gasteiger partial charge < -0.3 is 14.3 Å². The van der Waals surface area contributed by atoms with Gasteiger partial charge in [-0.3, -0.25) is 9.69 Å². The number of rotatable bonds is 4. The molecule has 2 saturated heterocycles. The molecule has 0 atom stereocenters. The maximum atomic E-state index is 12.8. The maximum absolute atomic E-state index is 12.8. The first-order valence-electron chi connectivity index (χ1n) is 9.87. The summed E-state index contributed by atoms with van der Waals surface area (Å²) in [5.74, 6) is 1.72. The van der Waals surface area contributed by atoms with Crippen LogP contribution >= 0.6 is 15.9 Å². The van der Waals surface area contributed by atoms with Crippen LogP contribution in [0.1, 0.15) is 18.7 Å². The van der Waals surface area contributed by atoms with Gasteiger partial charge in [0, 0.05) is 42.1 Å². The number of carbonyl (C=O) groups excluding carboxylic acids is 1. The van der Waals surface area contributed by atoms with Crippen LogP contribution in [0.4, 0.5) is 0 Å². The van der Waals surface area contributed by atoms with E-state index in [1.54, 1.807) is 0 Å². The van der Waals surface area contributed by atoms with E-state index >= 15 is 0 Å². The van der Waals surface area contributed by atoms with Crippen LogP contribution in [0.5, 0.6) is 0 Å². The minimum atomic E-state index is 0.152. The fourth-order valence-corrected chi connectivity index (χ4v) is 4.28. The van der Waals surface area contributed by atoms with Gasteiger partial charge in [-0.05, 0) is 45.1 Å². The minimum Gasteiger partial charge on any atom is -0.340 e. The predicted molar refractivity (Wildman–Crippen MR) is 110 cm³/mol. The van der Waals surface area contributed by atoms with Crippen molar-refractivity contribution in [1.82, 2.24) is 24.8 Å². The molecule has 1 amide bonds. The Morgan fingerprint density at radius 2 is 1.93 bits per heavy atom. The summed E-state index contributed by atoms with van der Waals surface area (Å²) in [4.78, 5) is 23.9. The summed E-state index contributed by atoms with van der Waals surface area (Å²) in [6, 6.07) is 7.87. The number of benzene rings is 1. The van der Waals surface area contributed by atoms with Crippen LogP contribution in [0.25, 0.3) is 11.4 Å². The Morgan fingerprint density at radius 1 is 1.18 bits per heavy atom. The molecule has 1 aromatic carbocycles. The van der Waals surface area contributed by atoms with Gasteiger partial charge in [0.1, 0.15) is 0 Å². The average Bonchev–Trinajstić information content (AvgIpc) is 3.17. The first kappa shape index (κ1) is 19.5. The fraction of sp³-hybridized carbons (Fsp3) is 0.550. The van der Waals surface area contributed by atoms with Crippen LogP contribution in [0, 0.1) is 5.92 Å². The van der Waals surface area contributed by atoms with E-state index < -0.39 is 0 Å². The standard InChI is InChI=1S/C20H26BrN5O2/c1-24-9-11-26(12-10-24)20(27)15-5-7-25(8-6-15)14-18-22-19(23-28-18)16-3-2-4-17(21)13-16/h2-4,13,15H,5-12,14H2,1H3. The molecule has 28 heavy (non-hydrogen) atoms. The number of carbonyl (C=O) groups is 1. The lowest BCUT2D eigenvalue weighted by Crippen LogP contribution is -2.50. The third-order valence-corrected chi connectivity index (χ3v) is 6.15. The van der Waals surface area contributed by atoms with Crippen LogP contribution in [-0.4, -0.2) is 77.1 Å². The van der Waals surface area contributed by atoms with Gasteiger partial charge in [-0.15, -0.1) is 0 Å². The van der Waals surface area contributed by atoms with Crippen molar-refractivity contribution in [3.05, 3.63) is 34.6 Å². The lowest BCUT2D eigenvalue weighted by Gasteiger charge is -2.37. The third kappa shape index (κ3) is 4.61. The SMILES string of the molecule is CN1CCN(C(=O)C2CCN(Cc3nc(-c4cccc(Br)c4)no3)CC2)CC1. The largest absolute Gasteiger partial charge is 0.340 e. The molecule has 0 N–H and O–H groups in total. The number of halogens is 1. The van der Waals surface area contributed by atoms with Crippen molar-refractivity contribution < 1.29 is 9.32 Å². The molecule has 2 aromatic rings. The number of likely N-dealkylation sites (N-methyl/N-ethyl adjacent to an activating group) is 1. The average molecular weight is 448 g/mol. The zero-order chi connectivity index (χ0) is 19.5. The molecular weight excluding hydrogens is 422 g/mol. The number of hydrogen-bond acceptors (Lipinski definition) is 6. The molecular formula is C20H26BrN5O2. The Morgan fingerprint density at radius 3 is 2.64 bits per heavy atom. The summed E-state index contributed by atoms with van der Waals surface area (Å²) in [6.07, 6.45) is 1.80. The molecule has 0 radical (unpaired) electrons. The summed E-state index contributed by atoms with van der Waals surface area (Å²) in [5.41, 5.74) is 0.931. The van der Waals surface area contributed by atoms with E-state index in [9.17, 15) is 4.79 Å². The van der Waals surface area contributed by atoms with E-state index in [4.69, 9.17) is 4.52 Å². The number of piperidine rings is 1. The molecule has 7 nitrogen and oxygen atoms in total. The minimum absolute atomic E-state index is 0.152. The van der Waals surface area contributed by atoms with Crippen LogP contribution in [0.2, 0.25) is 0 Å². The normalized spacial score (nSPS) is 19.9. The highest BCUT2D eigenvalue weighted by molar-refractivity contribution is 9.10. The smallest absolute Gasteiger partial charge is 0.241 e. The van der Waals surface area contributed by atoms with Crippen LogP contribution in [0.3, 0.4) is 0 Å². The molecule has 1 aromatic heterocycles. The van der Waals surface area contributed by atoms with Crippen molar-refractivity contribution in [3.8, 4) is 11.4 Å². The second kappa shape index (κ2) is 8.71. The Balaban J connectivity index is 1.28. The van der Waals surface area contributed by atoms with Gasteiger partial charge in [0.25, 0.3) is 0 Å². The fourth-order valence-electron chi connectivity index (χ4n) is 3.88. The molecule has 3 heterocycles. The molecule has 4 rings (SSSR count). The molecule has 2 fully saturated rings. The summed E-state index contributed by atoms with van der Waals surface area (Å²) < 4.78 is 6.43. The summed E-state index contributed by atoms with van der Waals surface area (Å²) in [6.45, 7) is 6.07. The monoisotopic (exact) mass is 447 g/mol. The van der Waals surface area contributed by atoms with Crippen LogP contribution in [0.15, 0.2) is 33.3 Å². The lowest BCUT2D eigenvalue weighted by molar-refractivity contribution is -0.138. The van der Waals surface area contributed by atoms with Crippen molar-refractivity contribution in [1.29, 1.82) is 0 Å². The van der Waals surface area contributed by atoms with Crippen molar-refractivity contribution >= 4 is 21.8 Å². The quantitative estimate of drug-likeness (QED) is 0.716. The Labute approximate surface area is 173 Å². The van der Waals surface area contributed by atoms with Crippen molar-refractivity contribution in [3.63, 3.8) is 0 Å². The highest BCUT2D eigenvalue weighted by atomic mass is 79.9. The molecule has 0 spiro atoms. The first-order chi connectivity index (χ1) is 13.6. The number of piperazine rings is 1. The summed E-state index contributed by atoms with van der Waals surface area (Å²) in [5, 5.41) is 4.11. The summed E-state index contributed by atoms with van der Waals surface area (Å²) in [7, 11) is 2.11. The highest BCUT2D eigenvalue weighted by Crippen LogP contribution is 2.23. The van der Waals surface area contributed by atoms with E-state index in [0.717, 1.165) is 62.1 Å². The lowest BCUT2D eigenvalue weighted by atomic mass is 9.95. The number of amides is 1. The molecule has 0 saturated carbocycles. The van der Waals surface area contributed by atoms with Gasteiger partial charge in [-0.2, -0.15) is 4.98 Å². The Bertz CT molecular complexity index is 810. The van der Waals surface area contributed by atoms with Gasteiger partial charge in [-0.1, -0.05) is 33.2 Å². The number of nitrogens with zero attached hydrogens (tertiary/aromatic N) is 5. The van der Waals surface area contributed by atoms with Gasteiger partial charge >= 0.3 is 0 Å². The predicted octanol–water partition coefficient (Wildman–Crippen LogP) is 2.49. The topological polar surface area (TPSA) is 65.7 Å². The maximum Gasteiger partial charge on any atom is 0.241 e. The van der Waals surface area contributed by atoms with E-state index in [1.165, 1.54) is 0 Å². The molecule has 150 valence electrons. The van der Waals surface area contributed by atoms with Gasteiger partial charge in [0.05, 0.1) is 6.54 Å². The zero-order valence-corrected chi connectivity index (χ0v) is 17.8. The molecule has 0 unspecified atom stereocenters.